The van der Waals surface area contributed by atoms with E-state index in [0.29, 0.717) is 0 Å². The number of aromatic nitrogens is 2. The summed E-state index contributed by atoms with van der Waals surface area (Å²) in [5.74, 6) is 0.762. The van der Waals surface area contributed by atoms with Gasteiger partial charge in [-0.1, -0.05) is 23.7 Å². The number of imidazole rings is 1. The van der Waals surface area contributed by atoms with Crippen LogP contribution in [0.1, 0.15) is 12.7 Å². The molecule has 1 aliphatic rings. The molecule has 0 saturated carbocycles. The predicted molar refractivity (Wildman–Crippen MR) is 104 cm³/mol. The highest BCUT2D eigenvalue weighted by atomic mass is 35.5. The Morgan fingerprint density at radius 2 is 1.85 bits per heavy atom. The molecule has 1 saturated heterocycles. The maximum Gasteiger partial charge on any atom is 0.125 e. The van der Waals surface area contributed by atoms with Gasteiger partial charge in [0.2, 0.25) is 0 Å². The van der Waals surface area contributed by atoms with Crippen molar-refractivity contribution in [2.24, 2.45) is 0 Å². The Bertz CT molecular complexity index is 915. The van der Waals surface area contributed by atoms with Gasteiger partial charge in [-0.25, -0.2) is 9.37 Å². The molecule has 0 atom stereocenters. The zero-order valence-electron chi connectivity index (χ0n) is 14.8. The van der Waals surface area contributed by atoms with Crippen LogP contribution in [0.25, 0.3) is 11.0 Å². The van der Waals surface area contributed by atoms with Gasteiger partial charge >= 0.3 is 0 Å². The number of hydrogen-bond donors (Lipinski definition) is 0. The lowest BCUT2D eigenvalue weighted by Gasteiger charge is -2.36. The van der Waals surface area contributed by atoms with Crippen LogP contribution < -0.4 is 4.90 Å². The first-order chi connectivity index (χ1) is 12.7. The molecule has 0 radical (unpaired) electrons. The molecule has 1 fully saturated rings. The van der Waals surface area contributed by atoms with E-state index < -0.39 is 0 Å². The van der Waals surface area contributed by atoms with Gasteiger partial charge in [0.25, 0.3) is 0 Å². The zero-order valence-corrected chi connectivity index (χ0v) is 15.6. The van der Waals surface area contributed by atoms with Crippen LogP contribution in [0.3, 0.4) is 0 Å². The molecule has 0 unspecified atom stereocenters. The fraction of sp³-hybridized carbons (Fsp3) is 0.350. The minimum Gasteiger partial charge on any atom is -0.368 e. The molecule has 1 aliphatic heterocycles. The first kappa shape index (κ1) is 17.3. The fourth-order valence-corrected chi connectivity index (χ4v) is 3.94. The molecule has 3 aromatic rings. The second-order valence-electron chi connectivity index (χ2n) is 6.62. The minimum atomic E-state index is -0.238. The van der Waals surface area contributed by atoms with Crippen LogP contribution in [0.4, 0.5) is 10.1 Å². The van der Waals surface area contributed by atoms with Crippen LogP contribution in [-0.4, -0.2) is 40.6 Å². The third-order valence-electron chi connectivity index (χ3n) is 5.04. The Labute approximate surface area is 157 Å². The van der Waals surface area contributed by atoms with Crippen molar-refractivity contribution in [2.45, 2.75) is 20.0 Å². The summed E-state index contributed by atoms with van der Waals surface area (Å²) in [4.78, 5) is 9.41. The van der Waals surface area contributed by atoms with Gasteiger partial charge in [0.1, 0.15) is 11.6 Å². The Morgan fingerprint density at radius 3 is 2.58 bits per heavy atom. The highest BCUT2D eigenvalue weighted by molar-refractivity contribution is 6.33. The Morgan fingerprint density at radius 1 is 1.08 bits per heavy atom. The number of piperazine rings is 1. The molecule has 0 bridgehead atoms. The summed E-state index contributed by atoms with van der Waals surface area (Å²) in [7, 11) is 0. The van der Waals surface area contributed by atoms with Crippen molar-refractivity contribution in [3.05, 3.63) is 59.1 Å². The van der Waals surface area contributed by atoms with Gasteiger partial charge in [0.15, 0.2) is 0 Å². The second kappa shape index (κ2) is 7.25. The molecule has 4 rings (SSSR count). The number of anilines is 1. The number of benzene rings is 2. The highest BCUT2D eigenvalue weighted by Crippen LogP contribution is 2.26. The molecule has 0 N–H and O–H groups in total. The van der Waals surface area contributed by atoms with Crippen molar-refractivity contribution in [3.63, 3.8) is 0 Å². The van der Waals surface area contributed by atoms with Crippen molar-refractivity contribution >= 4 is 28.3 Å². The summed E-state index contributed by atoms with van der Waals surface area (Å²) < 4.78 is 15.7. The van der Waals surface area contributed by atoms with E-state index in [0.717, 1.165) is 66.8 Å². The molecule has 4 nitrogen and oxygen atoms in total. The van der Waals surface area contributed by atoms with Crippen molar-refractivity contribution in [1.29, 1.82) is 0 Å². The normalized spacial score (nSPS) is 15.7. The van der Waals surface area contributed by atoms with Crippen molar-refractivity contribution in [3.8, 4) is 0 Å². The number of aryl methyl sites for hydroxylation is 1. The number of para-hydroxylation sites is 1. The molecular formula is C20H22ClFN4. The van der Waals surface area contributed by atoms with Gasteiger partial charge in [-0.15, -0.1) is 0 Å². The SMILES string of the molecule is CCn1c(CN2CCN(c3ccccc3Cl)CC2)nc2cc(F)ccc21. The van der Waals surface area contributed by atoms with Crippen molar-refractivity contribution in [2.75, 3.05) is 31.1 Å². The average molecular weight is 373 g/mol. The van der Waals surface area contributed by atoms with E-state index >= 15 is 0 Å². The summed E-state index contributed by atoms with van der Waals surface area (Å²) in [5, 5.41) is 0.802. The van der Waals surface area contributed by atoms with Crippen LogP contribution >= 0.6 is 11.6 Å². The van der Waals surface area contributed by atoms with Gasteiger partial charge < -0.3 is 9.47 Å². The maximum absolute atomic E-state index is 13.5. The lowest BCUT2D eigenvalue weighted by molar-refractivity contribution is 0.241. The van der Waals surface area contributed by atoms with Crippen LogP contribution in [-0.2, 0) is 13.1 Å². The van der Waals surface area contributed by atoms with E-state index in [1.165, 1.54) is 12.1 Å². The van der Waals surface area contributed by atoms with E-state index in [2.05, 4.69) is 32.3 Å². The fourth-order valence-electron chi connectivity index (χ4n) is 3.68. The van der Waals surface area contributed by atoms with E-state index in [1.807, 2.05) is 24.3 Å². The Kier molecular flexibility index (Phi) is 4.83. The van der Waals surface area contributed by atoms with Gasteiger partial charge in [0, 0.05) is 38.8 Å². The number of halogens is 2. The molecule has 6 heteroatoms. The topological polar surface area (TPSA) is 24.3 Å². The van der Waals surface area contributed by atoms with E-state index in [1.54, 1.807) is 0 Å². The van der Waals surface area contributed by atoms with Gasteiger partial charge in [-0.05, 0) is 31.2 Å². The van der Waals surface area contributed by atoms with Gasteiger partial charge in [-0.3, -0.25) is 4.90 Å². The standard InChI is InChI=1S/C20H22ClFN4/c1-2-26-19-8-7-15(22)13-17(19)23-20(26)14-24-9-11-25(12-10-24)18-6-4-3-5-16(18)21/h3-8,13H,2,9-12,14H2,1H3. The van der Waals surface area contributed by atoms with Crippen LogP contribution in [0.2, 0.25) is 5.02 Å². The summed E-state index contributed by atoms with van der Waals surface area (Å²) in [6.45, 7) is 7.48. The molecule has 26 heavy (non-hydrogen) atoms. The summed E-state index contributed by atoms with van der Waals surface area (Å²) in [6, 6.07) is 12.8. The quantitative estimate of drug-likeness (QED) is 0.687. The number of nitrogens with zero attached hydrogens (tertiary/aromatic N) is 4. The monoisotopic (exact) mass is 372 g/mol. The lowest BCUT2D eigenvalue weighted by Crippen LogP contribution is -2.46. The largest absolute Gasteiger partial charge is 0.368 e. The first-order valence-electron chi connectivity index (χ1n) is 9.02. The van der Waals surface area contributed by atoms with Crippen LogP contribution in [0.5, 0.6) is 0 Å². The number of rotatable bonds is 4. The molecular weight excluding hydrogens is 351 g/mol. The number of fused-ring (bicyclic) bond motifs is 1. The molecule has 0 spiro atoms. The average Bonchev–Trinajstić information content (AvgIpc) is 2.99. The van der Waals surface area contributed by atoms with Gasteiger partial charge in [-0.2, -0.15) is 0 Å². The van der Waals surface area contributed by atoms with Gasteiger partial charge in [0.05, 0.1) is 28.3 Å². The van der Waals surface area contributed by atoms with E-state index in [9.17, 15) is 4.39 Å². The van der Waals surface area contributed by atoms with E-state index in [-0.39, 0.29) is 5.82 Å². The number of hydrogen-bond acceptors (Lipinski definition) is 3. The third kappa shape index (κ3) is 3.29. The second-order valence-corrected chi connectivity index (χ2v) is 7.03. The maximum atomic E-state index is 13.5. The zero-order chi connectivity index (χ0) is 18.1. The summed E-state index contributed by atoms with van der Waals surface area (Å²) in [6.07, 6.45) is 0. The molecule has 0 amide bonds. The van der Waals surface area contributed by atoms with Crippen LogP contribution in [0.15, 0.2) is 42.5 Å². The van der Waals surface area contributed by atoms with Crippen molar-refractivity contribution in [1.82, 2.24) is 14.5 Å². The molecule has 2 heterocycles. The van der Waals surface area contributed by atoms with Crippen LogP contribution in [0, 0.1) is 5.82 Å². The Balaban J connectivity index is 1.48. The van der Waals surface area contributed by atoms with Crippen molar-refractivity contribution < 1.29 is 4.39 Å². The third-order valence-corrected chi connectivity index (χ3v) is 5.36. The van der Waals surface area contributed by atoms with E-state index in [4.69, 9.17) is 11.6 Å². The minimum absolute atomic E-state index is 0.238. The Hall–Kier alpha value is -2.11. The summed E-state index contributed by atoms with van der Waals surface area (Å²) in [5.41, 5.74) is 2.83. The highest BCUT2D eigenvalue weighted by Gasteiger charge is 2.21. The summed E-state index contributed by atoms with van der Waals surface area (Å²) >= 11 is 6.32. The molecule has 2 aromatic carbocycles. The molecule has 1 aromatic heterocycles. The lowest BCUT2D eigenvalue weighted by atomic mass is 10.2. The predicted octanol–water partition coefficient (Wildman–Crippen LogP) is 4.17. The molecule has 0 aliphatic carbocycles. The molecule has 136 valence electrons. The smallest absolute Gasteiger partial charge is 0.125 e. The first-order valence-corrected chi connectivity index (χ1v) is 9.40.